The molecule has 1 aliphatic heterocycles. The van der Waals surface area contributed by atoms with E-state index in [1.807, 2.05) is 0 Å². The number of hydrogen-bond donors (Lipinski definition) is 1. The first-order chi connectivity index (χ1) is 8.69. The maximum Gasteiger partial charge on any atom is 0.189 e. The second kappa shape index (κ2) is 4.11. The highest BCUT2D eigenvalue weighted by Crippen LogP contribution is 2.31. The Morgan fingerprint density at radius 1 is 1.50 bits per heavy atom. The predicted molar refractivity (Wildman–Crippen MR) is 60.2 cm³/mol. The molecule has 6 nitrogen and oxygen atoms in total. The number of aliphatic hydroxyl groups excluding tert-OH is 1. The van der Waals surface area contributed by atoms with Crippen LogP contribution < -0.4 is 0 Å². The van der Waals surface area contributed by atoms with Crippen molar-refractivity contribution in [3.05, 3.63) is 30.3 Å². The van der Waals surface area contributed by atoms with Crippen molar-refractivity contribution in [3.8, 4) is 0 Å². The van der Waals surface area contributed by atoms with Crippen LogP contribution >= 0.6 is 0 Å². The molecular weight excluding hydrogens is 239 g/mol. The Kier molecular flexibility index (Phi) is 2.57. The van der Waals surface area contributed by atoms with E-state index in [0.29, 0.717) is 17.0 Å². The number of rotatable bonds is 2. The fourth-order valence-corrected chi connectivity index (χ4v) is 1.91. The third kappa shape index (κ3) is 1.68. The van der Waals surface area contributed by atoms with Crippen LogP contribution in [-0.2, 0) is 4.74 Å². The van der Waals surface area contributed by atoms with Gasteiger partial charge in [0.2, 0.25) is 0 Å². The van der Waals surface area contributed by atoms with Crippen LogP contribution in [0.25, 0.3) is 11.2 Å². The maximum atomic E-state index is 13.7. The number of aliphatic hydroxyl groups is 1. The van der Waals surface area contributed by atoms with Gasteiger partial charge >= 0.3 is 0 Å². The molecule has 1 N–H and O–H groups in total. The molecule has 2 atom stereocenters. The van der Waals surface area contributed by atoms with Gasteiger partial charge in [-0.2, -0.15) is 0 Å². The van der Waals surface area contributed by atoms with Gasteiger partial charge in [0.1, 0.15) is 23.3 Å². The Morgan fingerprint density at radius 2 is 2.33 bits per heavy atom. The van der Waals surface area contributed by atoms with Gasteiger partial charge in [-0.25, -0.2) is 19.3 Å². The molecule has 0 radical (unpaired) electrons. The standard InChI is InChI=1S/C11H11FN4O2/c1-6-13-3-9-10(15-6)16(5-14-9)11-8(12)2-7(4-17)18-11/h2-3,5,7,11,17H,4H2,1H3/t7-,11-/m0/s1. The fourth-order valence-electron chi connectivity index (χ4n) is 1.91. The molecule has 0 bridgehead atoms. The summed E-state index contributed by atoms with van der Waals surface area (Å²) in [6.07, 6.45) is 2.74. The van der Waals surface area contributed by atoms with Crippen molar-refractivity contribution in [1.29, 1.82) is 0 Å². The second-order valence-corrected chi connectivity index (χ2v) is 4.04. The number of aryl methyl sites for hydroxylation is 1. The van der Waals surface area contributed by atoms with Crippen LogP contribution in [0.5, 0.6) is 0 Å². The van der Waals surface area contributed by atoms with Gasteiger partial charge in [0.05, 0.1) is 19.1 Å². The molecule has 7 heteroatoms. The molecular formula is C11H11FN4O2. The minimum atomic E-state index is -0.915. The summed E-state index contributed by atoms with van der Waals surface area (Å²) in [5, 5.41) is 8.97. The van der Waals surface area contributed by atoms with Gasteiger partial charge in [-0.3, -0.25) is 4.57 Å². The normalized spacial score (nSPS) is 23.6. The molecule has 0 fully saturated rings. The highest BCUT2D eigenvalue weighted by molar-refractivity contribution is 5.69. The van der Waals surface area contributed by atoms with E-state index < -0.39 is 18.2 Å². The Bertz CT molecular complexity index is 625. The zero-order valence-electron chi connectivity index (χ0n) is 9.62. The average molecular weight is 250 g/mol. The number of hydrogen-bond acceptors (Lipinski definition) is 5. The van der Waals surface area contributed by atoms with E-state index in [9.17, 15) is 4.39 Å². The monoisotopic (exact) mass is 250 g/mol. The number of fused-ring (bicyclic) bond motifs is 1. The van der Waals surface area contributed by atoms with Crippen molar-refractivity contribution in [2.75, 3.05) is 6.61 Å². The zero-order valence-corrected chi connectivity index (χ0v) is 9.62. The molecule has 0 saturated carbocycles. The van der Waals surface area contributed by atoms with Crippen molar-refractivity contribution in [2.45, 2.75) is 19.3 Å². The Morgan fingerprint density at radius 3 is 3.06 bits per heavy atom. The van der Waals surface area contributed by atoms with E-state index in [-0.39, 0.29) is 6.61 Å². The van der Waals surface area contributed by atoms with Crippen molar-refractivity contribution >= 4 is 11.2 Å². The maximum absolute atomic E-state index is 13.7. The Labute approximate surface area is 102 Å². The summed E-state index contributed by atoms with van der Waals surface area (Å²) >= 11 is 0. The van der Waals surface area contributed by atoms with Gasteiger partial charge in [0.25, 0.3) is 0 Å². The molecule has 1 aliphatic rings. The summed E-state index contributed by atoms with van der Waals surface area (Å²) in [5.41, 5.74) is 1.08. The van der Waals surface area contributed by atoms with Crippen LogP contribution in [0.3, 0.4) is 0 Å². The van der Waals surface area contributed by atoms with E-state index in [0.717, 1.165) is 0 Å². The first-order valence-electron chi connectivity index (χ1n) is 5.49. The molecule has 0 aliphatic carbocycles. The van der Waals surface area contributed by atoms with Crippen LogP contribution in [0, 0.1) is 6.92 Å². The molecule has 0 amide bonds. The van der Waals surface area contributed by atoms with Crippen molar-refractivity contribution in [2.24, 2.45) is 0 Å². The number of ether oxygens (including phenoxy) is 1. The second-order valence-electron chi connectivity index (χ2n) is 4.04. The first-order valence-corrected chi connectivity index (χ1v) is 5.49. The van der Waals surface area contributed by atoms with Crippen molar-refractivity contribution in [1.82, 2.24) is 19.5 Å². The lowest BCUT2D eigenvalue weighted by Gasteiger charge is -2.14. The topological polar surface area (TPSA) is 73.1 Å². The van der Waals surface area contributed by atoms with Crippen LogP contribution in [0.15, 0.2) is 24.4 Å². The van der Waals surface area contributed by atoms with Crippen LogP contribution in [0.1, 0.15) is 12.1 Å². The third-order valence-corrected chi connectivity index (χ3v) is 2.75. The van der Waals surface area contributed by atoms with Gasteiger partial charge < -0.3 is 9.84 Å². The SMILES string of the molecule is Cc1ncc2ncn([C@H]3O[C@H](CO)C=C3F)c2n1. The minimum absolute atomic E-state index is 0.259. The third-order valence-electron chi connectivity index (χ3n) is 2.75. The highest BCUT2D eigenvalue weighted by atomic mass is 19.1. The molecule has 0 aromatic carbocycles. The lowest BCUT2D eigenvalue weighted by Crippen LogP contribution is -2.16. The number of imidazole rings is 1. The van der Waals surface area contributed by atoms with Crippen LogP contribution in [0.2, 0.25) is 0 Å². The van der Waals surface area contributed by atoms with Gasteiger partial charge in [-0.15, -0.1) is 0 Å². The number of aromatic nitrogens is 4. The summed E-state index contributed by atoms with van der Waals surface area (Å²) in [7, 11) is 0. The smallest absolute Gasteiger partial charge is 0.189 e. The van der Waals surface area contributed by atoms with E-state index in [1.54, 1.807) is 13.1 Å². The average Bonchev–Trinajstić information content (AvgIpc) is 2.92. The van der Waals surface area contributed by atoms with Crippen molar-refractivity contribution in [3.63, 3.8) is 0 Å². The summed E-state index contributed by atoms with van der Waals surface area (Å²) in [5.74, 6) is 0.120. The molecule has 0 unspecified atom stereocenters. The van der Waals surface area contributed by atoms with E-state index >= 15 is 0 Å². The molecule has 94 valence electrons. The lowest BCUT2D eigenvalue weighted by molar-refractivity contribution is -0.0174. The molecule has 0 spiro atoms. The molecule has 2 aromatic rings. The summed E-state index contributed by atoms with van der Waals surface area (Å²) in [4.78, 5) is 12.3. The quantitative estimate of drug-likeness (QED) is 0.856. The van der Waals surface area contributed by atoms with Gasteiger partial charge in [-0.05, 0) is 13.0 Å². The van der Waals surface area contributed by atoms with E-state index in [2.05, 4.69) is 15.0 Å². The zero-order chi connectivity index (χ0) is 12.7. The van der Waals surface area contributed by atoms with Gasteiger partial charge in [0.15, 0.2) is 11.9 Å². The fraction of sp³-hybridized carbons (Fsp3) is 0.364. The number of halogens is 1. The Hall–Kier alpha value is -1.86. The predicted octanol–water partition coefficient (Wildman–Crippen LogP) is 0.878. The van der Waals surface area contributed by atoms with E-state index in [4.69, 9.17) is 9.84 Å². The van der Waals surface area contributed by atoms with Crippen LogP contribution in [0.4, 0.5) is 4.39 Å². The molecule has 2 aromatic heterocycles. The lowest BCUT2D eigenvalue weighted by atomic mass is 10.3. The first kappa shape index (κ1) is 11.2. The largest absolute Gasteiger partial charge is 0.393 e. The Balaban J connectivity index is 2.05. The molecule has 18 heavy (non-hydrogen) atoms. The highest BCUT2D eigenvalue weighted by Gasteiger charge is 2.30. The molecule has 3 rings (SSSR count). The molecule has 3 heterocycles. The summed E-state index contributed by atoms with van der Waals surface area (Å²) in [6, 6.07) is 0. The summed E-state index contributed by atoms with van der Waals surface area (Å²) in [6.45, 7) is 1.49. The summed E-state index contributed by atoms with van der Waals surface area (Å²) < 4.78 is 20.6. The van der Waals surface area contributed by atoms with Gasteiger partial charge in [-0.1, -0.05) is 0 Å². The van der Waals surface area contributed by atoms with Crippen molar-refractivity contribution < 1.29 is 14.2 Å². The van der Waals surface area contributed by atoms with Gasteiger partial charge in [0, 0.05) is 0 Å². The van der Waals surface area contributed by atoms with E-state index in [1.165, 1.54) is 17.0 Å². The minimum Gasteiger partial charge on any atom is -0.393 e. The molecule has 0 saturated heterocycles. The van der Waals surface area contributed by atoms with Crippen LogP contribution in [-0.4, -0.2) is 37.3 Å². The number of nitrogens with zero attached hydrogens (tertiary/aromatic N) is 4.